The van der Waals surface area contributed by atoms with Crippen LogP contribution in [-0.2, 0) is 9.59 Å². The minimum absolute atomic E-state index is 0.0110. The molecule has 150 valence electrons. The molecular weight excluding hydrogens is 378 g/mol. The van der Waals surface area contributed by atoms with Crippen LogP contribution in [-0.4, -0.2) is 36.9 Å². The largest absolute Gasteiger partial charge is 0.497 e. The first-order valence-corrected chi connectivity index (χ1v) is 9.48. The second-order valence-electron chi connectivity index (χ2n) is 7.04. The molecule has 0 spiro atoms. The summed E-state index contributed by atoms with van der Waals surface area (Å²) in [5, 5.41) is 0. The van der Waals surface area contributed by atoms with Gasteiger partial charge in [-0.05, 0) is 49.1 Å². The summed E-state index contributed by atoms with van der Waals surface area (Å²) in [6, 6.07) is 9.89. The smallest absolute Gasteiger partial charge is 0.282 e. The van der Waals surface area contributed by atoms with E-state index in [0.717, 1.165) is 36.3 Å². The highest BCUT2D eigenvalue weighted by molar-refractivity contribution is 6.45. The Morgan fingerprint density at radius 3 is 2.17 bits per heavy atom. The van der Waals surface area contributed by atoms with Gasteiger partial charge >= 0.3 is 0 Å². The molecule has 0 atom stereocenters. The third-order valence-electron chi connectivity index (χ3n) is 5.27. The topological polar surface area (TPSA) is 49.9 Å². The molecule has 1 saturated heterocycles. The average Bonchev–Trinajstić information content (AvgIpc) is 3.01. The van der Waals surface area contributed by atoms with Gasteiger partial charge in [-0.1, -0.05) is 12.1 Å². The normalized spacial score (nSPS) is 17.3. The lowest BCUT2D eigenvalue weighted by molar-refractivity contribution is -0.120. The van der Waals surface area contributed by atoms with Crippen LogP contribution in [0.15, 0.2) is 48.2 Å². The summed E-state index contributed by atoms with van der Waals surface area (Å²) in [5.41, 5.74) is 1.17. The summed E-state index contributed by atoms with van der Waals surface area (Å²) in [7, 11) is 1.54. The van der Waals surface area contributed by atoms with Crippen LogP contribution in [0.3, 0.4) is 0 Å². The molecule has 0 N–H and O–H groups in total. The first-order valence-electron chi connectivity index (χ1n) is 9.48. The maximum absolute atomic E-state index is 13.8. The number of imide groups is 1. The number of carbonyl (C=O) groups excluding carboxylic acids is 2. The molecule has 2 heterocycles. The third-order valence-corrected chi connectivity index (χ3v) is 5.27. The molecule has 29 heavy (non-hydrogen) atoms. The lowest BCUT2D eigenvalue weighted by Gasteiger charge is -2.29. The number of methoxy groups -OCH3 is 1. The van der Waals surface area contributed by atoms with Crippen molar-refractivity contribution in [1.29, 1.82) is 0 Å². The summed E-state index contributed by atoms with van der Waals surface area (Å²) in [6.45, 7) is 1.33. The molecule has 2 amide bonds. The number of likely N-dealkylation sites (tertiary alicyclic amines) is 1. The van der Waals surface area contributed by atoms with E-state index in [1.165, 1.54) is 6.07 Å². The molecule has 0 bridgehead atoms. The van der Waals surface area contributed by atoms with Crippen molar-refractivity contribution in [3.63, 3.8) is 0 Å². The Balaban J connectivity index is 1.81. The fourth-order valence-corrected chi connectivity index (χ4v) is 3.81. The number of ether oxygens (including phenoxy) is 1. The molecular formula is C22H20F2N2O3. The first-order chi connectivity index (χ1) is 14.0. The van der Waals surface area contributed by atoms with E-state index in [0.29, 0.717) is 30.1 Å². The Kier molecular flexibility index (Phi) is 5.05. The van der Waals surface area contributed by atoms with Crippen LogP contribution >= 0.6 is 0 Å². The minimum atomic E-state index is -1.11. The molecule has 2 aromatic carbocycles. The molecule has 2 aromatic rings. The lowest BCUT2D eigenvalue weighted by Crippen LogP contribution is -2.37. The predicted molar refractivity (Wildman–Crippen MR) is 104 cm³/mol. The van der Waals surface area contributed by atoms with E-state index in [4.69, 9.17) is 4.74 Å². The molecule has 5 nitrogen and oxygen atoms in total. The van der Waals surface area contributed by atoms with Crippen LogP contribution in [0.25, 0.3) is 5.57 Å². The van der Waals surface area contributed by atoms with Crippen molar-refractivity contribution in [3.05, 3.63) is 65.4 Å². The van der Waals surface area contributed by atoms with Gasteiger partial charge in [0.1, 0.15) is 11.4 Å². The number of hydrogen-bond donors (Lipinski definition) is 0. The number of benzene rings is 2. The van der Waals surface area contributed by atoms with Crippen molar-refractivity contribution in [3.8, 4) is 5.75 Å². The number of piperidine rings is 1. The van der Waals surface area contributed by atoms with Gasteiger partial charge in [-0.15, -0.1) is 0 Å². The van der Waals surface area contributed by atoms with E-state index in [9.17, 15) is 18.4 Å². The van der Waals surface area contributed by atoms with Gasteiger partial charge in [0.2, 0.25) is 0 Å². The van der Waals surface area contributed by atoms with Crippen molar-refractivity contribution in [2.75, 3.05) is 25.1 Å². The first kappa shape index (κ1) is 19.1. The lowest BCUT2D eigenvalue weighted by atomic mass is 10.0. The number of amides is 2. The van der Waals surface area contributed by atoms with Gasteiger partial charge in [0.05, 0.1) is 18.4 Å². The maximum atomic E-state index is 13.8. The highest BCUT2D eigenvalue weighted by Gasteiger charge is 2.42. The molecule has 0 saturated carbocycles. The fourth-order valence-electron chi connectivity index (χ4n) is 3.81. The number of anilines is 1. The number of nitrogens with zero attached hydrogens (tertiary/aromatic N) is 2. The van der Waals surface area contributed by atoms with Crippen LogP contribution in [0, 0.1) is 11.6 Å². The summed E-state index contributed by atoms with van der Waals surface area (Å²) in [6.07, 6.45) is 2.91. The molecule has 0 aromatic heterocycles. The molecule has 4 rings (SSSR count). The van der Waals surface area contributed by atoms with Crippen molar-refractivity contribution < 1.29 is 23.1 Å². The average molecular weight is 398 g/mol. The molecule has 7 heteroatoms. The molecule has 0 radical (unpaired) electrons. The SMILES string of the molecule is COc1ccc(C2=C(N3CCCCC3)C(=O)N(c3ccc(F)c(F)c3)C2=O)cc1. The summed E-state index contributed by atoms with van der Waals surface area (Å²) < 4.78 is 32.3. The van der Waals surface area contributed by atoms with Crippen molar-refractivity contribution in [2.45, 2.75) is 19.3 Å². The standard InChI is InChI=1S/C22H20F2N2O3/c1-29-16-8-5-14(6-9-16)19-20(25-11-3-2-4-12-25)22(28)26(21(19)27)15-7-10-17(23)18(24)13-15/h5-10,13H,2-4,11-12H2,1H3. The zero-order valence-corrected chi connectivity index (χ0v) is 16.0. The van der Waals surface area contributed by atoms with Crippen LogP contribution in [0.2, 0.25) is 0 Å². The summed E-state index contributed by atoms with van der Waals surface area (Å²) in [5.74, 6) is -2.59. The number of halogens is 2. The van der Waals surface area contributed by atoms with Gasteiger partial charge in [0.15, 0.2) is 11.6 Å². The second kappa shape index (κ2) is 7.66. The molecule has 0 unspecified atom stereocenters. The predicted octanol–water partition coefficient (Wildman–Crippen LogP) is 3.74. The highest BCUT2D eigenvalue weighted by Crippen LogP contribution is 2.36. The number of carbonyl (C=O) groups is 2. The van der Waals surface area contributed by atoms with Crippen LogP contribution in [0.5, 0.6) is 5.75 Å². The Morgan fingerprint density at radius 1 is 0.862 bits per heavy atom. The van der Waals surface area contributed by atoms with Gasteiger partial charge in [0.25, 0.3) is 11.8 Å². The van der Waals surface area contributed by atoms with E-state index >= 15 is 0 Å². The zero-order valence-electron chi connectivity index (χ0n) is 16.0. The van der Waals surface area contributed by atoms with E-state index < -0.39 is 23.4 Å². The third kappa shape index (κ3) is 3.37. The van der Waals surface area contributed by atoms with Gasteiger partial charge in [-0.2, -0.15) is 0 Å². The summed E-state index contributed by atoms with van der Waals surface area (Å²) in [4.78, 5) is 29.4. The number of rotatable bonds is 4. The Bertz CT molecular complexity index is 996. The Hall–Kier alpha value is -3.22. The minimum Gasteiger partial charge on any atom is -0.497 e. The van der Waals surface area contributed by atoms with E-state index in [1.807, 2.05) is 4.90 Å². The van der Waals surface area contributed by atoms with Gasteiger partial charge < -0.3 is 9.64 Å². The highest BCUT2D eigenvalue weighted by atomic mass is 19.2. The van der Waals surface area contributed by atoms with Crippen molar-refractivity contribution >= 4 is 23.1 Å². The van der Waals surface area contributed by atoms with Crippen LogP contribution in [0.1, 0.15) is 24.8 Å². The quantitative estimate of drug-likeness (QED) is 0.737. The van der Waals surface area contributed by atoms with Crippen molar-refractivity contribution in [1.82, 2.24) is 4.90 Å². The molecule has 2 aliphatic heterocycles. The molecule has 1 fully saturated rings. The monoisotopic (exact) mass is 398 g/mol. The van der Waals surface area contributed by atoms with E-state index in [1.54, 1.807) is 31.4 Å². The maximum Gasteiger partial charge on any atom is 0.282 e. The van der Waals surface area contributed by atoms with Crippen molar-refractivity contribution in [2.24, 2.45) is 0 Å². The van der Waals surface area contributed by atoms with E-state index in [-0.39, 0.29) is 11.3 Å². The van der Waals surface area contributed by atoms with E-state index in [2.05, 4.69) is 0 Å². The van der Waals surface area contributed by atoms with Crippen LogP contribution in [0.4, 0.5) is 14.5 Å². The molecule has 2 aliphatic rings. The Morgan fingerprint density at radius 2 is 1.55 bits per heavy atom. The molecule has 0 aliphatic carbocycles. The summed E-state index contributed by atoms with van der Waals surface area (Å²) >= 11 is 0. The fraction of sp³-hybridized carbons (Fsp3) is 0.273. The van der Waals surface area contributed by atoms with Gasteiger partial charge in [-0.3, -0.25) is 9.59 Å². The number of hydrogen-bond acceptors (Lipinski definition) is 4. The Labute approximate surface area is 167 Å². The van der Waals surface area contributed by atoms with Gasteiger partial charge in [0, 0.05) is 19.2 Å². The zero-order chi connectivity index (χ0) is 20.5. The second-order valence-corrected chi connectivity index (χ2v) is 7.04. The van der Waals surface area contributed by atoms with Crippen LogP contribution < -0.4 is 9.64 Å². The van der Waals surface area contributed by atoms with Gasteiger partial charge in [-0.25, -0.2) is 13.7 Å².